The van der Waals surface area contributed by atoms with Crippen molar-refractivity contribution in [3.8, 4) is 0 Å². The first-order chi connectivity index (χ1) is 10.8. The molecule has 1 aromatic carbocycles. The highest BCUT2D eigenvalue weighted by Crippen LogP contribution is 2.32. The predicted octanol–water partition coefficient (Wildman–Crippen LogP) is 4.19. The van der Waals surface area contributed by atoms with Crippen molar-refractivity contribution in [3.63, 3.8) is 0 Å². The fourth-order valence-corrected chi connectivity index (χ4v) is 2.28. The minimum Gasteiger partial charge on any atom is -0.466 e. The molecule has 0 unspecified atom stereocenters. The van der Waals surface area contributed by atoms with E-state index in [-0.39, 0.29) is 18.0 Å². The zero-order chi connectivity index (χ0) is 17.4. The maximum absolute atomic E-state index is 11.7. The van der Waals surface area contributed by atoms with Gasteiger partial charge in [-0.3, -0.25) is 9.59 Å². The molecule has 1 aromatic rings. The molecule has 1 rings (SSSR count). The zero-order valence-corrected chi connectivity index (χ0v) is 15.3. The first kappa shape index (κ1) is 20.0. The van der Waals surface area contributed by atoms with Crippen LogP contribution in [0.3, 0.4) is 0 Å². The number of hydrogen-bond donors (Lipinski definition) is 2. The Labute approximate surface area is 154 Å². The lowest BCUT2D eigenvalue weighted by Gasteiger charge is -2.11. The second kappa shape index (κ2) is 9.93. The highest BCUT2D eigenvalue weighted by Gasteiger charge is 2.11. The molecule has 0 aliphatic heterocycles. The molecule has 0 aliphatic carbocycles. The number of nitrogens with one attached hydrogen (secondary N) is 2. The molecule has 0 saturated carbocycles. The summed E-state index contributed by atoms with van der Waals surface area (Å²) in [6, 6.07) is 2.95. The average Bonchev–Trinajstić information content (AvgIpc) is 2.48. The number of benzene rings is 1. The zero-order valence-electron chi connectivity index (χ0n) is 12.3. The molecule has 1 amide bonds. The maximum Gasteiger partial charge on any atom is 0.306 e. The van der Waals surface area contributed by atoms with E-state index in [4.69, 9.17) is 51.8 Å². The van der Waals surface area contributed by atoms with Gasteiger partial charge in [-0.25, -0.2) is 0 Å². The highest BCUT2D eigenvalue weighted by atomic mass is 35.5. The lowest BCUT2D eigenvalue weighted by atomic mass is 10.3. The van der Waals surface area contributed by atoms with Crippen molar-refractivity contribution in [3.05, 3.63) is 27.2 Å². The van der Waals surface area contributed by atoms with Crippen molar-refractivity contribution in [2.45, 2.75) is 26.2 Å². The predicted molar refractivity (Wildman–Crippen MR) is 96.3 cm³/mol. The van der Waals surface area contributed by atoms with Gasteiger partial charge < -0.3 is 15.4 Å². The van der Waals surface area contributed by atoms with Gasteiger partial charge in [0.25, 0.3) is 0 Å². The summed E-state index contributed by atoms with van der Waals surface area (Å²) in [5.41, 5.74) is 0.411. The van der Waals surface area contributed by atoms with Gasteiger partial charge in [-0.05, 0) is 30.8 Å². The summed E-state index contributed by atoms with van der Waals surface area (Å²) in [4.78, 5) is 23.0. The van der Waals surface area contributed by atoms with Gasteiger partial charge in [0.1, 0.15) is 0 Å². The van der Waals surface area contributed by atoms with E-state index in [0.29, 0.717) is 27.4 Å². The van der Waals surface area contributed by atoms with E-state index in [9.17, 15) is 9.59 Å². The molecule has 0 heterocycles. The Morgan fingerprint density at radius 3 is 2.43 bits per heavy atom. The van der Waals surface area contributed by atoms with Gasteiger partial charge in [-0.15, -0.1) is 0 Å². The van der Waals surface area contributed by atoms with Crippen molar-refractivity contribution >= 4 is 69.7 Å². The number of rotatable bonds is 6. The van der Waals surface area contributed by atoms with Gasteiger partial charge >= 0.3 is 5.97 Å². The molecular formula is C14H15Cl3N2O3S. The lowest BCUT2D eigenvalue weighted by Crippen LogP contribution is -2.34. The third-order valence-corrected chi connectivity index (χ3v) is 3.77. The Morgan fingerprint density at radius 2 is 1.78 bits per heavy atom. The van der Waals surface area contributed by atoms with Crippen LogP contribution in [0.4, 0.5) is 5.69 Å². The molecule has 126 valence electrons. The number of halogens is 3. The number of thiocarbonyl (C=S) groups is 1. The van der Waals surface area contributed by atoms with Crippen molar-refractivity contribution in [1.82, 2.24) is 5.32 Å². The van der Waals surface area contributed by atoms with Gasteiger partial charge in [0.05, 0.1) is 33.8 Å². The van der Waals surface area contributed by atoms with Crippen LogP contribution in [0.15, 0.2) is 12.1 Å². The van der Waals surface area contributed by atoms with Gasteiger partial charge in [0.2, 0.25) is 5.91 Å². The number of ether oxygens (including phenoxy) is 1. The Balaban J connectivity index is 2.46. The number of amides is 1. The summed E-state index contributed by atoms with van der Waals surface area (Å²) < 4.78 is 4.87. The lowest BCUT2D eigenvalue weighted by molar-refractivity contribution is -0.144. The number of esters is 1. The molecule has 0 aromatic heterocycles. The minimum atomic E-state index is -0.423. The number of hydrogen-bond acceptors (Lipinski definition) is 4. The van der Waals surface area contributed by atoms with Crippen LogP contribution in [0.2, 0.25) is 15.1 Å². The molecule has 0 bridgehead atoms. The van der Waals surface area contributed by atoms with E-state index in [1.807, 2.05) is 6.92 Å². The second-order valence-corrected chi connectivity index (χ2v) is 6.10. The third kappa shape index (κ3) is 7.35. The Hall–Kier alpha value is -1.08. The molecule has 0 aliphatic rings. The number of anilines is 1. The van der Waals surface area contributed by atoms with Crippen LogP contribution in [-0.4, -0.2) is 23.6 Å². The monoisotopic (exact) mass is 396 g/mol. The third-order valence-electron chi connectivity index (χ3n) is 2.53. The van der Waals surface area contributed by atoms with Crippen LogP contribution in [-0.2, 0) is 14.3 Å². The van der Waals surface area contributed by atoms with Crippen molar-refractivity contribution in [2.75, 3.05) is 11.9 Å². The van der Waals surface area contributed by atoms with Gasteiger partial charge in [-0.1, -0.05) is 41.7 Å². The molecule has 0 saturated heterocycles. The van der Waals surface area contributed by atoms with E-state index in [2.05, 4.69) is 10.6 Å². The molecule has 5 nitrogen and oxygen atoms in total. The Morgan fingerprint density at radius 1 is 1.13 bits per heavy atom. The van der Waals surface area contributed by atoms with E-state index in [1.54, 1.807) is 0 Å². The van der Waals surface area contributed by atoms with E-state index in [1.165, 1.54) is 12.1 Å². The van der Waals surface area contributed by atoms with Gasteiger partial charge in [-0.2, -0.15) is 0 Å². The SMILES string of the molecule is CCCOC(=O)CCC(=O)NC(=S)Nc1cc(Cl)c(Cl)cc1Cl. The summed E-state index contributed by atoms with van der Waals surface area (Å²) in [6.07, 6.45) is 0.692. The summed E-state index contributed by atoms with van der Waals surface area (Å²) >= 11 is 22.7. The van der Waals surface area contributed by atoms with E-state index < -0.39 is 11.9 Å². The first-order valence-corrected chi connectivity index (χ1v) is 8.28. The number of carbonyl (C=O) groups is 2. The first-order valence-electron chi connectivity index (χ1n) is 6.74. The Bertz CT molecular complexity index is 611. The molecule has 2 N–H and O–H groups in total. The fourth-order valence-electron chi connectivity index (χ4n) is 1.46. The van der Waals surface area contributed by atoms with Gasteiger partial charge in [0.15, 0.2) is 5.11 Å². The van der Waals surface area contributed by atoms with Gasteiger partial charge in [0, 0.05) is 6.42 Å². The van der Waals surface area contributed by atoms with Crippen LogP contribution in [0.5, 0.6) is 0 Å². The van der Waals surface area contributed by atoms with Crippen LogP contribution < -0.4 is 10.6 Å². The number of carbonyl (C=O) groups excluding carboxylic acids is 2. The standard InChI is InChI=1S/C14H15Cl3N2O3S/c1-2-5-22-13(21)4-3-12(20)19-14(23)18-11-7-9(16)8(15)6-10(11)17/h6-7H,2-5H2,1H3,(H2,18,19,20,23). The molecule has 0 atom stereocenters. The Kier molecular flexibility index (Phi) is 8.62. The maximum atomic E-state index is 11.7. The molecule has 0 spiro atoms. The fraction of sp³-hybridized carbons (Fsp3) is 0.357. The molecule has 23 heavy (non-hydrogen) atoms. The minimum absolute atomic E-state index is 0.0119. The quantitative estimate of drug-likeness (QED) is 0.428. The summed E-state index contributed by atoms with van der Waals surface area (Å²) in [6.45, 7) is 2.23. The molecule has 0 fully saturated rings. The smallest absolute Gasteiger partial charge is 0.306 e. The van der Waals surface area contributed by atoms with Crippen LogP contribution in [0.25, 0.3) is 0 Å². The van der Waals surface area contributed by atoms with Crippen LogP contribution >= 0.6 is 47.0 Å². The average molecular weight is 398 g/mol. The topological polar surface area (TPSA) is 67.4 Å². The largest absolute Gasteiger partial charge is 0.466 e. The molecule has 0 radical (unpaired) electrons. The highest BCUT2D eigenvalue weighted by molar-refractivity contribution is 7.80. The summed E-state index contributed by atoms with van der Waals surface area (Å²) in [7, 11) is 0. The van der Waals surface area contributed by atoms with E-state index in [0.717, 1.165) is 6.42 Å². The summed E-state index contributed by atoms with van der Waals surface area (Å²) in [5, 5.41) is 6.13. The second-order valence-electron chi connectivity index (χ2n) is 4.47. The van der Waals surface area contributed by atoms with Crippen molar-refractivity contribution < 1.29 is 14.3 Å². The normalized spacial score (nSPS) is 10.1. The van der Waals surface area contributed by atoms with Crippen LogP contribution in [0, 0.1) is 0 Å². The van der Waals surface area contributed by atoms with Crippen molar-refractivity contribution in [1.29, 1.82) is 0 Å². The molecular weight excluding hydrogens is 383 g/mol. The van der Waals surface area contributed by atoms with E-state index >= 15 is 0 Å². The van der Waals surface area contributed by atoms with Crippen molar-refractivity contribution in [2.24, 2.45) is 0 Å². The molecule has 9 heteroatoms. The van der Waals surface area contributed by atoms with Crippen LogP contribution in [0.1, 0.15) is 26.2 Å². The summed E-state index contributed by atoms with van der Waals surface area (Å²) in [5.74, 6) is -0.833.